The molecule has 1 aromatic carbocycles. The lowest BCUT2D eigenvalue weighted by Crippen LogP contribution is -1.94. The van der Waals surface area contributed by atoms with Crippen LogP contribution >= 0.6 is 0 Å². The maximum atomic E-state index is 8.97. The highest BCUT2D eigenvalue weighted by Crippen LogP contribution is 2.25. The SMILES string of the molecule is Cc1nc(-c2cccc(Oc3nccnc3C#N)c2)no1. The molecule has 0 spiro atoms. The van der Waals surface area contributed by atoms with E-state index in [1.54, 1.807) is 25.1 Å². The Bertz CT molecular complexity index is 822. The van der Waals surface area contributed by atoms with Crippen molar-refractivity contribution in [2.75, 3.05) is 0 Å². The molecule has 0 bridgehead atoms. The molecule has 0 aliphatic carbocycles. The predicted molar refractivity (Wildman–Crippen MR) is 71.3 cm³/mol. The Labute approximate surface area is 119 Å². The summed E-state index contributed by atoms with van der Waals surface area (Å²) in [5.74, 6) is 1.61. The van der Waals surface area contributed by atoms with Gasteiger partial charge in [0.15, 0.2) is 0 Å². The molecular weight excluding hydrogens is 270 g/mol. The zero-order valence-corrected chi connectivity index (χ0v) is 11.0. The van der Waals surface area contributed by atoms with Crippen LogP contribution in [0.2, 0.25) is 0 Å². The fourth-order valence-electron chi connectivity index (χ4n) is 1.70. The standard InChI is InChI=1S/C14H9N5O2/c1-9-18-13(19-21-9)10-3-2-4-11(7-10)20-14-12(8-15)16-5-6-17-14/h2-7H,1H3. The van der Waals surface area contributed by atoms with E-state index in [9.17, 15) is 0 Å². The Balaban J connectivity index is 1.92. The molecule has 0 aliphatic heterocycles. The van der Waals surface area contributed by atoms with Gasteiger partial charge >= 0.3 is 0 Å². The average Bonchev–Trinajstić information content (AvgIpc) is 2.95. The first-order valence-corrected chi connectivity index (χ1v) is 6.06. The van der Waals surface area contributed by atoms with Crippen molar-refractivity contribution in [1.29, 1.82) is 5.26 Å². The van der Waals surface area contributed by atoms with Gasteiger partial charge in [0, 0.05) is 24.9 Å². The quantitative estimate of drug-likeness (QED) is 0.726. The molecule has 102 valence electrons. The van der Waals surface area contributed by atoms with Gasteiger partial charge in [-0.15, -0.1) is 0 Å². The molecule has 0 saturated heterocycles. The fourth-order valence-corrected chi connectivity index (χ4v) is 1.70. The smallest absolute Gasteiger partial charge is 0.256 e. The first-order valence-electron chi connectivity index (χ1n) is 6.06. The van der Waals surface area contributed by atoms with Gasteiger partial charge < -0.3 is 9.26 Å². The monoisotopic (exact) mass is 279 g/mol. The van der Waals surface area contributed by atoms with Crippen LogP contribution in [0.25, 0.3) is 11.4 Å². The van der Waals surface area contributed by atoms with Gasteiger partial charge in [-0.05, 0) is 12.1 Å². The van der Waals surface area contributed by atoms with Gasteiger partial charge in [0.1, 0.15) is 11.8 Å². The van der Waals surface area contributed by atoms with Crippen LogP contribution in [0.15, 0.2) is 41.2 Å². The van der Waals surface area contributed by atoms with Gasteiger partial charge in [0.2, 0.25) is 17.4 Å². The van der Waals surface area contributed by atoms with E-state index >= 15 is 0 Å². The highest BCUT2D eigenvalue weighted by Gasteiger charge is 2.10. The van der Waals surface area contributed by atoms with E-state index in [1.165, 1.54) is 12.4 Å². The third-order valence-electron chi connectivity index (χ3n) is 2.60. The lowest BCUT2D eigenvalue weighted by Gasteiger charge is -2.05. The number of aromatic nitrogens is 4. The number of hydrogen-bond donors (Lipinski definition) is 0. The highest BCUT2D eigenvalue weighted by molar-refractivity contribution is 5.57. The van der Waals surface area contributed by atoms with Gasteiger partial charge in [-0.3, -0.25) is 0 Å². The highest BCUT2D eigenvalue weighted by atomic mass is 16.5. The van der Waals surface area contributed by atoms with E-state index in [0.717, 1.165) is 5.56 Å². The van der Waals surface area contributed by atoms with Crippen LogP contribution in [-0.2, 0) is 0 Å². The normalized spacial score (nSPS) is 10.1. The zero-order valence-electron chi connectivity index (χ0n) is 11.0. The molecule has 7 heteroatoms. The van der Waals surface area contributed by atoms with Crippen molar-refractivity contribution in [2.24, 2.45) is 0 Å². The molecule has 0 radical (unpaired) electrons. The van der Waals surface area contributed by atoms with Crippen LogP contribution in [0, 0.1) is 18.3 Å². The summed E-state index contributed by atoms with van der Waals surface area (Å²) in [6.07, 6.45) is 2.90. The van der Waals surface area contributed by atoms with E-state index < -0.39 is 0 Å². The molecule has 2 aromatic heterocycles. The molecule has 0 unspecified atom stereocenters. The number of hydrogen-bond acceptors (Lipinski definition) is 7. The Morgan fingerprint density at radius 1 is 1.24 bits per heavy atom. The average molecular weight is 279 g/mol. The maximum absolute atomic E-state index is 8.97. The molecule has 0 saturated carbocycles. The van der Waals surface area contributed by atoms with Crippen molar-refractivity contribution in [3.63, 3.8) is 0 Å². The van der Waals surface area contributed by atoms with Crippen molar-refractivity contribution in [1.82, 2.24) is 20.1 Å². The van der Waals surface area contributed by atoms with E-state index in [2.05, 4.69) is 20.1 Å². The van der Waals surface area contributed by atoms with Gasteiger partial charge in [-0.25, -0.2) is 9.97 Å². The number of nitriles is 1. The molecule has 7 nitrogen and oxygen atoms in total. The molecule has 3 rings (SSSR count). The first-order chi connectivity index (χ1) is 10.3. The second-order valence-electron chi connectivity index (χ2n) is 4.09. The zero-order chi connectivity index (χ0) is 14.7. The minimum absolute atomic E-state index is 0.123. The van der Waals surface area contributed by atoms with E-state index in [1.807, 2.05) is 12.1 Å². The van der Waals surface area contributed by atoms with Crippen LogP contribution in [0.3, 0.4) is 0 Å². The molecule has 0 fully saturated rings. The fraction of sp³-hybridized carbons (Fsp3) is 0.0714. The third kappa shape index (κ3) is 2.69. The summed E-state index contributed by atoms with van der Waals surface area (Å²) in [5, 5.41) is 12.8. The van der Waals surface area contributed by atoms with Crippen LogP contribution in [0.4, 0.5) is 0 Å². The number of benzene rings is 1. The largest absolute Gasteiger partial charge is 0.436 e. The van der Waals surface area contributed by atoms with Crippen molar-refractivity contribution < 1.29 is 9.26 Å². The van der Waals surface area contributed by atoms with Crippen molar-refractivity contribution in [2.45, 2.75) is 6.92 Å². The summed E-state index contributed by atoms with van der Waals surface area (Å²) in [7, 11) is 0. The molecule has 2 heterocycles. The Morgan fingerprint density at radius 2 is 2.10 bits per heavy atom. The van der Waals surface area contributed by atoms with Crippen LogP contribution in [0.1, 0.15) is 11.6 Å². The molecule has 0 aliphatic rings. The van der Waals surface area contributed by atoms with E-state index in [4.69, 9.17) is 14.5 Å². The number of aryl methyl sites for hydroxylation is 1. The summed E-state index contributed by atoms with van der Waals surface area (Å²) in [4.78, 5) is 12.0. The minimum Gasteiger partial charge on any atom is -0.436 e. The second-order valence-corrected chi connectivity index (χ2v) is 4.09. The third-order valence-corrected chi connectivity index (χ3v) is 2.60. The molecule has 0 N–H and O–H groups in total. The number of rotatable bonds is 3. The second kappa shape index (κ2) is 5.38. The van der Waals surface area contributed by atoms with Crippen molar-refractivity contribution in [3.8, 4) is 29.1 Å². The Morgan fingerprint density at radius 3 is 2.86 bits per heavy atom. The molecule has 3 aromatic rings. The first kappa shape index (κ1) is 12.7. The van der Waals surface area contributed by atoms with Crippen LogP contribution in [-0.4, -0.2) is 20.1 Å². The molecule has 0 atom stereocenters. The molecular formula is C14H9N5O2. The summed E-state index contributed by atoms with van der Waals surface area (Å²) < 4.78 is 10.5. The lowest BCUT2D eigenvalue weighted by molar-refractivity contribution is 0.394. The van der Waals surface area contributed by atoms with Gasteiger partial charge in [-0.1, -0.05) is 17.3 Å². The summed E-state index contributed by atoms with van der Waals surface area (Å²) in [5.41, 5.74) is 0.866. The van der Waals surface area contributed by atoms with Crippen LogP contribution in [0.5, 0.6) is 11.6 Å². The van der Waals surface area contributed by atoms with Gasteiger partial charge in [0.25, 0.3) is 5.88 Å². The number of nitrogens with zero attached hydrogens (tertiary/aromatic N) is 5. The van der Waals surface area contributed by atoms with Gasteiger partial charge in [0.05, 0.1) is 0 Å². The summed E-state index contributed by atoms with van der Waals surface area (Å²) in [6, 6.07) is 9.03. The van der Waals surface area contributed by atoms with E-state index in [0.29, 0.717) is 17.5 Å². The maximum Gasteiger partial charge on any atom is 0.256 e. The van der Waals surface area contributed by atoms with Crippen molar-refractivity contribution in [3.05, 3.63) is 48.2 Å². The van der Waals surface area contributed by atoms with Gasteiger partial charge in [-0.2, -0.15) is 10.2 Å². The summed E-state index contributed by atoms with van der Waals surface area (Å²) >= 11 is 0. The Kier molecular flexibility index (Phi) is 3.27. The van der Waals surface area contributed by atoms with Crippen molar-refractivity contribution >= 4 is 0 Å². The molecule has 21 heavy (non-hydrogen) atoms. The Hall–Kier alpha value is -3.27. The number of ether oxygens (including phenoxy) is 1. The lowest BCUT2D eigenvalue weighted by atomic mass is 10.2. The summed E-state index contributed by atoms with van der Waals surface area (Å²) in [6.45, 7) is 1.72. The predicted octanol–water partition coefficient (Wildman–Crippen LogP) is 2.50. The molecule has 0 amide bonds. The van der Waals surface area contributed by atoms with E-state index in [-0.39, 0.29) is 11.6 Å². The minimum atomic E-state index is 0.123. The van der Waals surface area contributed by atoms with Crippen LogP contribution < -0.4 is 4.74 Å². The topological polar surface area (TPSA) is 97.7 Å².